The fourth-order valence-corrected chi connectivity index (χ4v) is 1.90. The SMILES string of the molecule is O=CNc1ccc(CN2CCNCC2)cc1. The van der Waals surface area contributed by atoms with Gasteiger partial charge >= 0.3 is 0 Å². The van der Waals surface area contributed by atoms with Crippen LogP contribution in [0.4, 0.5) is 5.69 Å². The van der Waals surface area contributed by atoms with Crippen LogP contribution in [0.15, 0.2) is 24.3 Å². The minimum Gasteiger partial charge on any atom is -0.329 e. The summed E-state index contributed by atoms with van der Waals surface area (Å²) in [6.07, 6.45) is 0.700. The maximum absolute atomic E-state index is 10.2. The lowest BCUT2D eigenvalue weighted by Crippen LogP contribution is -2.42. The Morgan fingerprint density at radius 2 is 1.94 bits per heavy atom. The number of benzene rings is 1. The molecular formula is C12H17N3O. The highest BCUT2D eigenvalue weighted by Crippen LogP contribution is 2.11. The zero-order valence-electron chi connectivity index (χ0n) is 9.28. The van der Waals surface area contributed by atoms with Gasteiger partial charge < -0.3 is 10.6 Å². The van der Waals surface area contributed by atoms with Crippen molar-refractivity contribution in [3.63, 3.8) is 0 Å². The van der Waals surface area contributed by atoms with Crippen LogP contribution in [0, 0.1) is 0 Å². The first-order valence-electron chi connectivity index (χ1n) is 5.61. The van der Waals surface area contributed by atoms with Crippen LogP contribution in [0.2, 0.25) is 0 Å². The topological polar surface area (TPSA) is 44.4 Å². The van der Waals surface area contributed by atoms with Crippen LogP contribution in [-0.2, 0) is 11.3 Å². The molecule has 1 fully saturated rings. The Morgan fingerprint density at radius 1 is 1.25 bits per heavy atom. The molecule has 4 nitrogen and oxygen atoms in total. The number of amides is 1. The van der Waals surface area contributed by atoms with Crippen LogP contribution in [0.5, 0.6) is 0 Å². The lowest BCUT2D eigenvalue weighted by Gasteiger charge is -2.27. The predicted molar refractivity (Wildman–Crippen MR) is 64.3 cm³/mol. The average Bonchev–Trinajstić information content (AvgIpc) is 2.33. The number of piperazine rings is 1. The van der Waals surface area contributed by atoms with Gasteiger partial charge in [-0.1, -0.05) is 12.1 Å². The van der Waals surface area contributed by atoms with Crippen molar-refractivity contribution in [3.8, 4) is 0 Å². The molecule has 1 aromatic rings. The molecule has 16 heavy (non-hydrogen) atoms. The third-order valence-electron chi connectivity index (χ3n) is 2.80. The molecule has 0 unspecified atom stereocenters. The van der Waals surface area contributed by atoms with Gasteiger partial charge in [0.15, 0.2) is 0 Å². The van der Waals surface area contributed by atoms with Gasteiger partial charge in [-0.3, -0.25) is 9.69 Å². The summed E-state index contributed by atoms with van der Waals surface area (Å²) in [6.45, 7) is 5.35. The number of nitrogens with one attached hydrogen (secondary N) is 2. The molecule has 0 radical (unpaired) electrons. The molecule has 1 aliphatic heterocycles. The van der Waals surface area contributed by atoms with E-state index in [-0.39, 0.29) is 0 Å². The lowest BCUT2D eigenvalue weighted by molar-refractivity contribution is -0.105. The van der Waals surface area contributed by atoms with Gasteiger partial charge in [0.1, 0.15) is 0 Å². The quantitative estimate of drug-likeness (QED) is 0.731. The molecule has 1 amide bonds. The monoisotopic (exact) mass is 219 g/mol. The molecule has 0 saturated carbocycles. The average molecular weight is 219 g/mol. The van der Waals surface area contributed by atoms with E-state index in [1.54, 1.807) is 0 Å². The van der Waals surface area contributed by atoms with Crippen LogP contribution >= 0.6 is 0 Å². The van der Waals surface area contributed by atoms with Gasteiger partial charge in [-0.15, -0.1) is 0 Å². The molecule has 1 saturated heterocycles. The Bertz CT molecular complexity index is 331. The molecule has 4 heteroatoms. The number of hydrogen-bond acceptors (Lipinski definition) is 3. The van der Waals surface area contributed by atoms with Crippen molar-refractivity contribution < 1.29 is 4.79 Å². The zero-order chi connectivity index (χ0) is 11.2. The summed E-state index contributed by atoms with van der Waals surface area (Å²) >= 11 is 0. The number of hydrogen-bond donors (Lipinski definition) is 2. The van der Waals surface area contributed by atoms with Gasteiger partial charge in [0.25, 0.3) is 0 Å². The van der Waals surface area contributed by atoms with Gasteiger partial charge in [0.2, 0.25) is 6.41 Å². The van der Waals surface area contributed by atoms with E-state index in [2.05, 4.69) is 27.7 Å². The maximum atomic E-state index is 10.2. The second-order valence-corrected chi connectivity index (χ2v) is 3.99. The van der Waals surface area contributed by atoms with E-state index in [4.69, 9.17) is 0 Å². The molecule has 0 aliphatic carbocycles. The normalized spacial score (nSPS) is 17.0. The van der Waals surface area contributed by atoms with E-state index >= 15 is 0 Å². The van der Waals surface area contributed by atoms with Crippen LogP contribution in [0.3, 0.4) is 0 Å². The number of carbonyl (C=O) groups excluding carboxylic acids is 1. The van der Waals surface area contributed by atoms with Gasteiger partial charge in [-0.05, 0) is 17.7 Å². The van der Waals surface area contributed by atoms with E-state index < -0.39 is 0 Å². The summed E-state index contributed by atoms with van der Waals surface area (Å²) in [7, 11) is 0. The van der Waals surface area contributed by atoms with E-state index in [9.17, 15) is 4.79 Å². The molecule has 86 valence electrons. The second kappa shape index (κ2) is 5.63. The minimum atomic E-state index is 0.700. The van der Waals surface area contributed by atoms with Crippen molar-refractivity contribution in [2.45, 2.75) is 6.54 Å². The van der Waals surface area contributed by atoms with E-state index in [0.29, 0.717) is 6.41 Å². The van der Waals surface area contributed by atoms with Crippen molar-refractivity contribution in [2.75, 3.05) is 31.5 Å². The molecule has 1 heterocycles. The number of anilines is 1. The van der Waals surface area contributed by atoms with Crippen LogP contribution < -0.4 is 10.6 Å². The Balaban J connectivity index is 1.90. The molecule has 0 spiro atoms. The maximum Gasteiger partial charge on any atom is 0.211 e. The van der Waals surface area contributed by atoms with Crippen LogP contribution in [-0.4, -0.2) is 37.5 Å². The molecule has 1 aromatic carbocycles. The molecule has 1 aliphatic rings. The predicted octanol–water partition coefficient (Wildman–Crippen LogP) is 0.660. The Hall–Kier alpha value is -1.39. The first-order chi connectivity index (χ1) is 7.88. The molecule has 0 aromatic heterocycles. The summed E-state index contributed by atoms with van der Waals surface area (Å²) in [4.78, 5) is 12.7. The fourth-order valence-electron chi connectivity index (χ4n) is 1.90. The highest BCUT2D eigenvalue weighted by atomic mass is 16.1. The van der Waals surface area contributed by atoms with Crippen LogP contribution in [0.25, 0.3) is 0 Å². The summed E-state index contributed by atoms with van der Waals surface area (Å²) in [5.74, 6) is 0. The highest BCUT2D eigenvalue weighted by molar-refractivity contribution is 5.70. The van der Waals surface area contributed by atoms with Crippen molar-refractivity contribution in [3.05, 3.63) is 29.8 Å². The highest BCUT2D eigenvalue weighted by Gasteiger charge is 2.09. The first-order valence-corrected chi connectivity index (χ1v) is 5.61. The standard InChI is InChI=1S/C12H17N3O/c16-10-14-12-3-1-11(2-4-12)9-15-7-5-13-6-8-15/h1-4,10,13H,5-9H2,(H,14,16). The van der Waals surface area contributed by atoms with Crippen LogP contribution in [0.1, 0.15) is 5.56 Å². The van der Waals surface area contributed by atoms with Crippen molar-refractivity contribution in [1.29, 1.82) is 0 Å². The number of carbonyl (C=O) groups is 1. The second-order valence-electron chi connectivity index (χ2n) is 3.99. The summed E-state index contributed by atoms with van der Waals surface area (Å²) in [6, 6.07) is 8.00. The number of nitrogens with zero attached hydrogens (tertiary/aromatic N) is 1. The van der Waals surface area contributed by atoms with E-state index in [1.165, 1.54) is 5.56 Å². The molecule has 0 bridgehead atoms. The Morgan fingerprint density at radius 3 is 2.56 bits per heavy atom. The van der Waals surface area contributed by atoms with Gasteiger partial charge in [0.05, 0.1) is 0 Å². The van der Waals surface area contributed by atoms with Crippen molar-refractivity contribution >= 4 is 12.1 Å². The third-order valence-corrected chi connectivity index (χ3v) is 2.80. The van der Waals surface area contributed by atoms with Crippen molar-refractivity contribution in [2.24, 2.45) is 0 Å². The zero-order valence-corrected chi connectivity index (χ0v) is 9.28. The lowest BCUT2D eigenvalue weighted by atomic mass is 10.2. The third kappa shape index (κ3) is 3.05. The van der Waals surface area contributed by atoms with Gasteiger partial charge in [0, 0.05) is 38.4 Å². The largest absolute Gasteiger partial charge is 0.329 e. The van der Waals surface area contributed by atoms with Crippen molar-refractivity contribution in [1.82, 2.24) is 10.2 Å². The fraction of sp³-hybridized carbons (Fsp3) is 0.417. The van der Waals surface area contributed by atoms with E-state index in [1.807, 2.05) is 12.1 Å². The minimum absolute atomic E-state index is 0.700. The molecular weight excluding hydrogens is 202 g/mol. The summed E-state index contributed by atoms with van der Waals surface area (Å²) in [5.41, 5.74) is 2.14. The van der Waals surface area contributed by atoms with E-state index in [0.717, 1.165) is 38.4 Å². The van der Waals surface area contributed by atoms with Gasteiger partial charge in [-0.2, -0.15) is 0 Å². The Kier molecular flexibility index (Phi) is 3.91. The molecule has 2 rings (SSSR count). The van der Waals surface area contributed by atoms with Gasteiger partial charge in [-0.25, -0.2) is 0 Å². The summed E-state index contributed by atoms with van der Waals surface area (Å²) in [5, 5.41) is 5.97. The number of rotatable bonds is 4. The molecule has 2 N–H and O–H groups in total. The molecule has 0 atom stereocenters. The smallest absolute Gasteiger partial charge is 0.211 e. The first kappa shape index (κ1) is 11.1. The Labute approximate surface area is 95.6 Å². The summed E-state index contributed by atoms with van der Waals surface area (Å²) < 4.78 is 0.